The van der Waals surface area contributed by atoms with E-state index < -0.39 is 11.4 Å². The number of aliphatic hydroxyl groups excluding tert-OH is 1. The smallest absolute Gasteiger partial charge is 0.440 e. The summed E-state index contributed by atoms with van der Waals surface area (Å²) in [5.41, 5.74) is 7.04. The molecule has 0 unspecified atom stereocenters. The summed E-state index contributed by atoms with van der Waals surface area (Å²) in [6.07, 6.45) is 0.209. The molecule has 8 heteroatoms. The van der Waals surface area contributed by atoms with Crippen LogP contribution in [0, 0.1) is 20.8 Å². The summed E-state index contributed by atoms with van der Waals surface area (Å²) in [5.74, 6) is 0.732. The Morgan fingerprint density at radius 3 is 2.30 bits per heavy atom. The molecule has 8 nitrogen and oxygen atoms in total. The molecule has 4 aromatic rings. The predicted molar refractivity (Wildman–Crippen MR) is 141 cm³/mol. The van der Waals surface area contributed by atoms with Crippen molar-refractivity contribution >= 4 is 0 Å². The van der Waals surface area contributed by atoms with Gasteiger partial charge in [-0.25, -0.2) is 14.6 Å². The molecule has 0 spiro atoms. The van der Waals surface area contributed by atoms with Crippen LogP contribution < -0.4 is 20.9 Å². The standard InChI is InChI=1S/C29H32N2O6/c1-18-14-25(35-13-12-20(3)32)15-19(2)27(18)26-7-5-6-23(21(26)4)17-36-24-10-8-22(9-11-24)16-31-28(33)30-29(34)37-31/h5-11,14-15,20,32H,12-13,16-17H2,1-4H3,(H,30,33,34)/t20-/m1/s1. The summed E-state index contributed by atoms with van der Waals surface area (Å²) >= 11 is 0. The largest absolute Gasteiger partial charge is 0.493 e. The third-order valence-electron chi connectivity index (χ3n) is 6.30. The fraction of sp³-hybridized carbons (Fsp3) is 0.310. The summed E-state index contributed by atoms with van der Waals surface area (Å²) in [4.78, 5) is 24.8. The molecule has 0 saturated heterocycles. The zero-order valence-corrected chi connectivity index (χ0v) is 21.5. The molecule has 3 aromatic carbocycles. The molecular weight excluding hydrogens is 472 g/mol. The van der Waals surface area contributed by atoms with Crippen LogP contribution in [0.2, 0.25) is 0 Å². The van der Waals surface area contributed by atoms with E-state index in [1.807, 2.05) is 42.5 Å². The number of hydrogen-bond acceptors (Lipinski definition) is 6. The molecule has 1 aromatic heterocycles. The zero-order valence-electron chi connectivity index (χ0n) is 21.5. The van der Waals surface area contributed by atoms with Crippen molar-refractivity contribution in [1.82, 2.24) is 9.72 Å². The van der Waals surface area contributed by atoms with Crippen molar-refractivity contribution < 1.29 is 19.1 Å². The molecular formula is C29H32N2O6. The van der Waals surface area contributed by atoms with Crippen LogP contribution in [0.25, 0.3) is 11.1 Å². The van der Waals surface area contributed by atoms with Crippen molar-refractivity contribution in [1.29, 1.82) is 0 Å². The summed E-state index contributed by atoms with van der Waals surface area (Å²) < 4.78 is 17.7. The number of aliphatic hydroxyl groups is 1. The Kier molecular flexibility index (Phi) is 7.98. The van der Waals surface area contributed by atoms with Crippen molar-refractivity contribution in [2.24, 2.45) is 0 Å². The van der Waals surface area contributed by atoms with Gasteiger partial charge in [0.05, 0.1) is 19.3 Å². The van der Waals surface area contributed by atoms with Gasteiger partial charge in [0.15, 0.2) is 0 Å². The van der Waals surface area contributed by atoms with Gasteiger partial charge in [0.2, 0.25) is 0 Å². The first-order chi connectivity index (χ1) is 17.7. The van der Waals surface area contributed by atoms with Gasteiger partial charge < -0.3 is 19.1 Å². The maximum atomic E-state index is 11.6. The van der Waals surface area contributed by atoms with E-state index in [1.165, 1.54) is 5.56 Å². The van der Waals surface area contributed by atoms with E-state index in [9.17, 15) is 14.7 Å². The summed E-state index contributed by atoms with van der Waals surface area (Å²) in [6.45, 7) is 9.07. The lowest BCUT2D eigenvalue weighted by molar-refractivity contribution is 0.155. The van der Waals surface area contributed by atoms with Crippen molar-refractivity contribution in [2.45, 2.75) is 53.4 Å². The highest BCUT2D eigenvalue weighted by molar-refractivity contribution is 5.75. The molecule has 4 rings (SSSR count). The third kappa shape index (κ3) is 6.40. The molecule has 2 N–H and O–H groups in total. The highest BCUT2D eigenvalue weighted by atomic mass is 16.5. The van der Waals surface area contributed by atoms with Gasteiger partial charge in [-0.1, -0.05) is 30.3 Å². The van der Waals surface area contributed by atoms with E-state index in [1.54, 1.807) is 6.92 Å². The van der Waals surface area contributed by atoms with Crippen molar-refractivity contribution in [2.75, 3.05) is 6.61 Å². The number of aromatic amines is 1. The van der Waals surface area contributed by atoms with Gasteiger partial charge in [-0.3, -0.25) is 0 Å². The average Bonchev–Trinajstić information content (AvgIpc) is 3.16. The summed E-state index contributed by atoms with van der Waals surface area (Å²) in [6, 6.07) is 17.6. The molecule has 1 heterocycles. The Morgan fingerprint density at radius 1 is 0.973 bits per heavy atom. The number of benzene rings is 3. The average molecular weight is 505 g/mol. The van der Waals surface area contributed by atoms with Crippen molar-refractivity contribution in [3.63, 3.8) is 0 Å². The van der Waals surface area contributed by atoms with E-state index in [-0.39, 0.29) is 12.6 Å². The number of hydrogen-bond donors (Lipinski definition) is 2. The van der Waals surface area contributed by atoms with Crippen LogP contribution in [0.15, 0.2) is 68.7 Å². The van der Waals surface area contributed by atoms with Crippen LogP contribution in [0.1, 0.15) is 41.2 Å². The number of ether oxygens (including phenoxy) is 2. The lowest BCUT2D eigenvalue weighted by atomic mass is 9.90. The molecule has 0 saturated carbocycles. The number of H-pyrrole nitrogens is 1. The first-order valence-corrected chi connectivity index (χ1v) is 12.2. The lowest BCUT2D eigenvalue weighted by Gasteiger charge is -2.18. The number of rotatable bonds is 10. The maximum absolute atomic E-state index is 11.6. The normalized spacial score (nSPS) is 11.9. The lowest BCUT2D eigenvalue weighted by Crippen LogP contribution is -2.17. The highest BCUT2D eigenvalue weighted by Gasteiger charge is 2.13. The molecule has 0 aliphatic heterocycles. The van der Waals surface area contributed by atoms with E-state index >= 15 is 0 Å². The topological polar surface area (TPSA) is 107 Å². The minimum atomic E-state index is -0.773. The fourth-order valence-electron chi connectivity index (χ4n) is 4.33. The second kappa shape index (κ2) is 11.3. The van der Waals surface area contributed by atoms with Crippen LogP contribution in [0.5, 0.6) is 11.5 Å². The third-order valence-corrected chi connectivity index (χ3v) is 6.30. The van der Waals surface area contributed by atoms with Crippen LogP contribution in [-0.4, -0.2) is 27.5 Å². The summed E-state index contributed by atoms with van der Waals surface area (Å²) in [7, 11) is 0. The second-order valence-electron chi connectivity index (χ2n) is 9.29. The Balaban J connectivity index is 1.46. The van der Waals surface area contributed by atoms with Gasteiger partial charge in [0.25, 0.3) is 0 Å². The highest BCUT2D eigenvalue weighted by Crippen LogP contribution is 2.34. The number of aromatic nitrogens is 2. The monoisotopic (exact) mass is 504 g/mol. The van der Waals surface area contributed by atoms with Gasteiger partial charge in [-0.05, 0) is 90.9 Å². The van der Waals surface area contributed by atoms with Gasteiger partial charge >= 0.3 is 11.4 Å². The Labute approximate surface area is 215 Å². The molecule has 194 valence electrons. The summed E-state index contributed by atoms with van der Waals surface area (Å²) in [5, 5.41) is 9.47. The van der Waals surface area contributed by atoms with E-state index in [0.29, 0.717) is 25.4 Å². The Morgan fingerprint density at radius 2 is 1.68 bits per heavy atom. The Bertz CT molecular complexity index is 1450. The molecule has 1 atom stereocenters. The molecule has 0 fully saturated rings. The Hall–Kier alpha value is -4.04. The maximum Gasteiger partial charge on any atom is 0.440 e. The quantitative estimate of drug-likeness (QED) is 0.329. The number of nitrogens with one attached hydrogen (secondary N) is 1. The molecule has 37 heavy (non-hydrogen) atoms. The first kappa shape index (κ1) is 26.0. The van der Waals surface area contributed by atoms with Gasteiger partial charge in [-0.2, -0.15) is 0 Å². The van der Waals surface area contributed by atoms with Crippen LogP contribution >= 0.6 is 0 Å². The van der Waals surface area contributed by atoms with E-state index in [4.69, 9.17) is 14.0 Å². The SMILES string of the molecule is Cc1cc(OCC[C@@H](C)O)cc(C)c1-c1cccc(COc2ccc(Cn3oc(=O)[nH]c3=O)cc2)c1C. The van der Waals surface area contributed by atoms with Gasteiger partial charge in [0, 0.05) is 6.42 Å². The minimum Gasteiger partial charge on any atom is -0.493 e. The molecule has 0 aliphatic rings. The van der Waals surface area contributed by atoms with E-state index in [2.05, 4.69) is 37.9 Å². The van der Waals surface area contributed by atoms with Gasteiger partial charge in [-0.15, -0.1) is 4.74 Å². The van der Waals surface area contributed by atoms with Gasteiger partial charge in [0.1, 0.15) is 18.1 Å². The van der Waals surface area contributed by atoms with E-state index in [0.717, 1.165) is 43.9 Å². The molecule has 0 amide bonds. The van der Waals surface area contributed by atoms with Crippen molar-refractivity contribution in [3.05, 3.63) is 103 Å². The molecule has 0 radical (unpaired) electrons. The van der Waals surface area contributed by atoms with Crippen molar-refractivity contribution in [3.8, 4) is 22.6 Å². The van der Waals surface area contributed by atoms with Crippen LogP contribution in [0.3, 0.4) is 0 Å². The first-order valence-electron chi connectivity index (χ1n) is 12.2. The number of aryl methyl sites for hydroxylation is 2. The molecule has 0 bridgehead atoms. The zero-order chi connectivity index (χ0) is 26.5. The predicted octanol–water partition coefficient (Wildman–Crippen LogP) is 4.50. The fourth-order valence-corrected chi connectivity index (χ4v) is 4.33. The molecule has 0 aliphatic carbocycles. The number of nitrogens with zero attached hydrogens (tertiary/aromatic N) is 1. The van der Waals surface area contributed by atoms with Crippen LogP contribution in [-0.2, 0) is 13.2 Å². The second-order valence-corrected chi connectivity index (χ2v) is 9.29. The van der Waals surface area contributed by atoms with Crippen LogP contribution in [0.4, 0.5) is 0 Å². The minimum absolute atomic E-state index is 0.155.